The summed E-state index contributed by atoms with van der Waals surface area (Å²) in [5.41, 5.74) is 3.27. The van der Waals surface area contributed by atoms with E-state index in [-0.39, 0.29) is 0 Å². The lowest BCUT2D eigenvalue weighted by Gasteiger charge is -2.10. The number of methoxy groups -OCH3 is 1. The topological polar surface area (TPSA) is 34.2 Å². The number of hydrogen-bond donors (Lipinski definition) is 1. The van der Waals surface area contributed by atoms with Crippen molar-refractivity contribution in [3.05, 3.63) is 30.0 Å². The zero-order chi connectivity index (χ0) is 11.5. The summed E-state index contributed by atoms with van der Waals surface area (Å²) < 4.78 is 5.28. The number of benzene rings is 1. The number of ether oxygens (including phenoxy) is 1. The second kappa shape index (κ2) is 4.39. The van der Waals surface area contributed by atoms with E-state index in [1.807, 2.05) is 31.3 Å². The summed E-state index contributed by atoms with van der Waals surface area (Å²) in [5.74, 6) is 0.872. The van der Waals surface area contributed by atoms with Crippen molar-refractivity contribution >= 4 is 16.6 Å². The first-order valence-corrected chi connectivity index (χ1v) is 5.43. The second-order valence-corrected chi connectivity index (χ2v) is 3.73. The molecule has 0 radical (unpaired) electrons. The van der Waals surface area contributed by atoms with Crippen LogP contribution in [-0.2, 0) is 0 Å². The molecule has 2 aromatic rings. The molecular weight excluding hydrogens is 200 g/mol. The summed E-state index contributed by atoms with van der Waals surface area (Å²) >= 11 is 0. The van der Waals surface area contributed by atoms with Crippen molar-refractivity contribution in [2.24, 2.45) is 0 Å². The molecule has 16 heavy (non-hydrogen) atoms. The Labute approximate surface area is 95.5 Å². The summed E-state index contributed by atoms with van der Waals surface area (Å²) in [5, 5.41) is 4.45. The van der Waals surface area contributed by atoms with Crippen LogP contribution in [0.15, 0.2) is 24.4 Å². The molecule has 84 valence electrons. The molecule has 0 aliphatic rings. The van der Waals surface area contributed by atoms with E-state index in [9.17, 15) is 0 Å². The minimum atomic E-state index is 0.872. The molecule has 0 saturated heterocycles. The molecule has 3 nitrogen and oxygen atoms in total. The molecule has 0 fully saturated rings. The molecular formula is C13H16N2O. The van der Waals surface area contributed by atoms with E-state index >= 15 is 0 Å². The van der Waals surface area contributed by atoms with E-state index in [1.54, 1.807) is 7.11 Å². The number of nitrogens with one attached hydrogen (secondary N) is 1. The van der Waals surface area contributed by atoms with Gasteiger partial charge in [0.15, 0.2) is 0 Å². The number of hydrogen-bond acceptors (Lipinski definition) is 3. The van der Waals surface area contributed by atoms with Gasteiger partial charge in [-0.15, -0.1) is 0 Å². The quantitative estimate of drug-likeness (QED) is 0.856. The largest absolute Gasteiger partial charge is 0.497 e. The van der Waals surface area contributed by atoms with Gasteiger partial charge in [0.25, 0.3) is 0 Å². The molecule has 0 unspecified atom stereocenters. The van der Waals surface area contributed by atoms with E-state index in [4.69, 9.17) is 4.74 Å². The SMILES string of the molecule is CCNc1ccnc2c(C)cc(OC)cc12. The maximum Gasteiger partial charge on any atom is 0.119 e. The summed E-state index contributed by atoms with van der Waals surface area (Å²) in [7, 11) is 1.68. The van der Waals surface area contributed by atoms with E-state index in [0.717, 1.165) is 34.4 Å². The number of rotatable bonds is 3. The number of nitrogens with zero attached hydrogens (tertiary/aromatic N) is 1. The van der Waals surface area contributed by atoms with Crippen molar-refractivity contribution in [2.45, 2.75) is 13.8 Å². The summed E-state index contributed by atoms with van der Waals surface area (Å²) in [6.07, 6.45) is 1.83. The van der Waals surface area contributed by atoms with Crippen LogP contribution in [-0.4, -0.2) is 18.6 Å². The van der Waals surface area contributed by atoms with Crippen molar-refractivity contribution in [1.82, 2.24) is 4.98 Å². The number of anilines is 1. The van der Waals surface area contributed by atoms with Gasteiger partial charge in [-0.25, -0.2) is 0 Å². The fourth-order valence-corrected chi connectivity index (χ4v) is 1.86. The molecule has 0 amide bonds. The van der Waals surface area contributed by atoms with Crippen molar-refractivity contribution in [2.75, 3.05) is 19.0 Å². The Morgan fingerprint density at radius 1 is 1.38 bits per heavy atom. The minimum Gasteiger partial charge on any atom is -0.497 e. The van der Waals surface area contributed by atoms with Crippen LogP contribution in [0.2, 0.25) is 0 Å². The first kappa shape index (κ1) is 10.7. The van der Waals surface area contributed by atoms with E-state index < -0.39 is 0 Å². The molecule has 1 aromatic heterocycles. The van der Waals surface area contributed by atoms with Crippen LogP contribution in [0.3, 0.4) is 0 Å². The average Bonchev–Trinajstić information content (AvgIpc) is 2.30. The third kappa shape index (κ3) is 1.81. The van der Waals surface area contributed by atoms with E-state index in [1.165, 1.54) is 0 Å². The third-order valence-corrected chi connectivity index (χ3v) is 2.61. The monoisotopic (exact) mass is 216 g/mol. The Kier molecular flexibility index (Phi) is 2.95. The third-order valence-electron chi connectivity index (χ3n) is 2.61. The van der Waals surface area contributed by atoms with Crippen LogP contribution >= 0.6 is 0 Å². The molecule has 1 aromatic carbocycles. The van der Waals surface area contributed by atoms with E-state index in [2.05, 4.69) is 17.2 Å². The fraction of sp³-hybridized carbons (Fsp3) is 0.308. The molecule has 0 bridgehead atoms. The highest BCUT2D eigenvalue weighted by Crippen LogP contribution is 2.28. The Hall–Kier alpha value is -1.77. The highest BCUT2D eigenvalue weighted by molar-refractivity contribution is 5.94. The molecule has 0 atom stereocenters. The molecule has 0 saturated carbocycles. The molecule has 0 aliphatic carbocycles. The predicted molar refractivity (Wildman–Crippen MR) is 67.2 cm³/mol. The van der Waals surface area contributed by atoms with Crippen molar-refractivity contribution in [3.63, 3.8) is 0 Å². The van der Waals surface area contributed by atoms with Gasteiger partial charge >= 0.3 is 0 Å². The van der Waals surface area contributed by atoms with Gasteiger partial charge in [0.1, 0.15) is 5.75 Å². The Morgan fingerprint density at radius 2 is 2.19 bits per heavy atom. The van der Waals surface area contributed by atoms with Gasteiger partial charge in [-0.1, -0.05) is 0 Å². The maximum absolute atomic E-state index is 5.28. The van der Waals surface area contributed by atoms with Crippen LogP contribution in [0.5, 0.6) is 5.75 Å². The van der Waals surface area contributed by atoms with Crippen LogP contribution in [0, 0.1) is 6.92 Å². The Bertz CT molecular complexity index is 509. The number of fused-ring (bicyclic) bond motifs is 1. The lowest BCUT2D eigenvalue weighted by Crippen LogP contribution is -1.98. The van der Waals surface area contributed by atoms with Gasteiger partial charge in [-0.2, -0.15) is 0 Å². The zero-order valence-corrected chi connectivity index (χ0v) is 9.87. The molecule has 2 rings (SSSR count). The maximum atomic E-state index is 5.28. The standard InChI is InChI=1S/C13H16N2O/c1-4-14-12-5-6-15-13-9(2)7-10(16-3)8-11(12)13/h5-8H,4H2,1-3H3,(H,14,15). The molecule has 1 heterocycles. The lowest BCUT2D eigenvalue weighted by atomic mass is 10.1. The smallest absolute Gasteiger partial charge is 0.119 e. The van der Waals surface area contributed by atoms with Gasteiger partial charge < -0.3 is 10.1 Å². The van der Waals surface area contributed by atoms with Crippen LogP contribution < -0.4 is 10.1 Å². The Morgan fingerprint density at radius 3 is 2.88 bits per heavy atom. The molecule has 1 N–H and O–H groups in total. The fourth-order valence-electron chi connectivity index (χ4n) is 1.86. The van der Waals surface area contributed by atoms with Crippen LogP contribution in [0.25, 0.3) is 10.9 Å². The number of pyridine rings is 1. The minimum absolute atomic E-state index is 0.872. The average molecular weight is 216 g/mol. The van der Waals surface area contributed by atoms with E-state index in [0.29, 0.717) is 0 Å². The molecule has 3 heteroatoms. The Balaban J connectivity index is 2.69. The summed E-state index contributed by atoms with van der Waals surface area (Å²) in [4.78, 5) is 4.40. The van der Waals surface area contributed by atoms with Crippen molar-refractivity contribution in [1.29, 1.82) is 0 Å². The highest BCUT2D eigenvalue weighted by Gasteiger charge is 2.06. The first-order chi connectivity index (χ1) is 7.76. The van der Waals surface area contributed by atoms with Crippen molar-refractivity contribution in [3.8, 4) is 5.75 Å². The van der Waals surface area contributed by atoms with Gasteiger partial charge in [-0.3, -0.25) is 4.98 Å². The molecule has 0 spiro atoms. The summed E-state index contributed by atoms with van der Waals surface area (Å²) in [6, 6.07) is 6.02. The first-order valence-electron chi connectivity index (χ1n) is 5.43. The lowest BCUT2D eigenvalue weighted by molar-refractivity contribution is 0.415. The van der Waals surface area contributed by atoms with Crippen LogP contribution in [0.1, 0.15) is 12.5 Å². The molecule has 0 aliphatic heterocycles. The van der Waals surface area contributed by atoms with Gasteiger partial charge in [0.05, 0.1) is 12.6 Å². The predicted octanol–water partition coefficient (Wildman–Crippen LogP) is 2.98. The van der Waals surface area contributed by atoms with Gasteiger partial charge in [0.2, 0.25) is 0 Å². The number of aryl methyl sites for hydroxylation is 1. The van der Waals surface area contributed by atoms with Crippen molar-refractivity contribution < 1.29 is 4.74 Å². The normalized spacial score (nSPS) is 10.4. The second-order valence-electron chi connectivity index (χ2n) is 3.73. The zero-order valence-electron chi connectivity index (χ0n) is 9.87. The highest BCUT2D eigenvalue weighted by atomic mass is 16.5. The number of aromatic nitrogens is 1. The van der Waals surface area contributed by atoms with Gasteiger partial charge in [0, 0.05) is 23.8 Å². The summed E-state index contributed by atoms with van der Waals surface area (Å²) in [6.45, 7) is 5.03. The van der Waals surface area contributed by atoms with Crippen LogP contribution in [0.4, 0.5) is 5.69 Å². The van der Waals surface area contributed by atoms with Gasteiger partial charge in [-0.05, 0) is 37.6 Å².